The smallest absolute Gasteiger partial charge is 0.280 e. The van der Waals surface area contributed by atoms with Gasteiger partial charge in [0.25, 0.3) is 5.69 Å². The van der Waals surface area contributed by atoms with Gasteiger partial charge in [-0.1, -0.05) is 36.4 Å². The van der Waals surface area contributed by atoms with Crippen molar-refractivity contribution in [3.63, 3.8) is 0 Å². The summed E-state index contributed by atoms with van der Waals surface area (Å²) in [7, 11) is 0. The van der Waals surface area contributed by atoms with Gasteiger partial charge in [-0.05, 0) is 42.8 Å². The molecule has 1 aromatic heterocycles. The standard InChI is InChI=1S/C20H15NO4/c1-14-7-10-17(25-14)11-8-15-9-12-19(21(23)24)18(13-15)20(22)16-5-3-2-4-6-16/h2-13H,1H3. The quantitative estimate of drug-likeness (QED) is 0.378. The third-order valence-corrected chi connectivity index (χ3v) is 3.70. The Morgan fingerprint density at radius 3 is 2.44 bits per heavy atom. The average molecular weight is 333 g/mol. The maximum atomic E-state index is 12.7. The topological polar surface area (TPSA) is 73.3 Å². The lowest BCUT2D eigenvalue weighted by molar-refractivity contribution is -0.385. The highest BCUT2D eigenvalue weighted by Gasteiger charge is 2.21. The van der Waals surface area contributed by atoms with E-state index in [1.54, 1.807) is 48.6 Å². The van der Waals surface area contributed by atoms with Gasteiger partial charge in [-0.25, -0.2) is 0 Å². The number of aryl methyl sites for hydroxylation is 1. The summed E-state index contributed by atoms with van der Waals surface area (Å²) in [5, 5.41) is 11.3. The van der Waals surface area contributed by atoms with Gasteiger partial charge in [0.1, 0.15) is 17.1 Å². The van der Waals surface area contributed by atoms with Crippen LogP contribution in [0, 0.1) is 17.0 Å². The van der Waals surface area contributed by atoms with Gasteiger partial charge < -0.3 is 4.42 Å². The number of carbonyl (C=O) groups excluding carboxylic acids is 1. The first kappa shape index (κ1) is 16.4. The molecule has 0 radical (unpaired) electrons. The molecule has 3 aromatic rings. The Hall–Kier alpha value is -3.47. The Balaban J connectivity index is 1.99. The average Bonchev–Trinajstić information content (AvgIpc) is 3.05. The van der Waals surface area contributed by atoms with Crippen molar-refractivity contribution in [2.45, 2.75) is 6.92 Å². The number of furan rings is 1. The number of nitrogens with zero attached hydrogens (tertiary/aromatic N) is 1. The molecule has 0 fully saturated rings. The minimum Gasteiger partial charge on any atom is -0.462 e. The SMILES string of the molecule is Cc1ccc(C=Cc2ccc([N+](=O)[O-])c(C(=O)c3ccccc3)c2)o1. The molecule has 0 N–H and O–H groups in total. The zero-order chi connectivity index (χ0) is 17.8. The highest BCUT2D eigenvalue weighted by Crippen LogP contribution is 2.24. The summed E-state index contributed by atoms with van der Waals surface area (Å²) in [5.41, 5.74) is 0.946. The van der Waals surface area contributed by atoms with Gasteiger partial charge in [0, 0.05) is 11.6 Å². The maximum Gasteiger partial charge on any atom is 0.280 e. The third-order valence-electron chi connectivity index (χ3n) is 3.70. The number of rotatable bonds is 5. The highest BCUT2D eigenvalue weighted by atomic mass is 16.6. The molecule has 25 heavy (non-hydrogen) atoms. The lowest BCUT2D eigenvalue weighted by Crippen LogP contribution is -2.05. The highest BCUT2D eigenvalue weighted by molar-refractivity contribution is 6.11. The molecule has 0 aliphatic carbocycles. The molecule has 1 heterocycles. The minimum atomic E-state index is -0.542. The van der Waals surface area contributed by atoms with Crippen LogP contribution in [0.5, 0.6) is 0 Å². The number of nitro groups is 1. The van der Waals surface area contributed by atoms with Gasteiger partial charge in [-0.15, -0.1) is 0 Å². The summed E-state index contributed by atoms with van der Waals surface area (Å²) in [6.07, 6.45) is 3.51. The third kappa shape index (κ3) is 3.72. The van der Waals surface area contributed by atoms with Crippen molar-refractivity contribution in [1.29, 1.82) is 0 Å². The summed E-state index contributed by atoms with van der Waals surface area (Å²) < 4.78 is 5.45. The van der Waals surface area contributed by atoms with Crippen molar-refractivity contribution in [3.8, 4) is 0 Å². The summed E-state index contributed by atoms with van der Waals surface area (Å²) >= 11 is 0. The van der Waals surface area contributed by atoms with Crippen LogP contribution in [0.25, 0.3) is 12.2 Å². The lowest BCUT2D eigenvalue weighted by Gasteiger charge is -2.04. The van der Waals surface area contributed by atoms with Crippen LogP contribution in [-0.2, 0) is 0 Å². The van der Waals surface area contributed by atoms with Crippen LogP contribution in [0.3, 0.4) is 0 Å². The number of hydrogen-bond acceptors (Lipinski definition) is 4. The van der Waals surface area contributed by atoms with Crippen LogP contribution in [-0.4, -0.2) is 10.7 Å². The van der Waals surface area contributed by atoms with Crippen molar-refractivity contribution in [2.24, 2.45) is 0 Å². The molecule has 0 unspecified atom stereocenters. The molecule has 3 rings (SSSR count). The second-order valence-electron chi connectivity index (χ2n) is 5.51. The van der Waals surface area contributed by atoms with Crippen molar-refractivity contribution >= 4 is 23.6 Å². The van der Waals surface area contributed by atoms with Crippen LogP contribution in [0.1, 0.15) is 33.0 Å². The molecular formula is C20H15NO4. The van der Waals surface area contributed by atoms with E-state index in [0.29, 0.717) is 16.9 Å². The predicted octanol–water partition coefficient (Wildman–Crippen LogP) is 4.90. The van der Waals surface area contributed by atoms with Crippen LogP contribution >= 0.6 is 0 Å². The molecule has 0 aliphatic heterocycles. The van der Waals surface area contributed by atoms with Crippen LogP contribution in [0.15, 0.2) is 65.1 Å². The number of ketones is 1. The van der Waals surface area contributed by atoms with Crippen LogP contribution in [0.2, 0.25) is 0 Å². The number of carbonyl (C=O) groups is 1. The maximum absolute atomic E-state index is 12.7. The Labute approximate surface area is 144 Å². The zero-order valence-electron chi connectivity index (χ0n) is 13.5. The normalized spacial score (nSPS) is 10.9. The van der Waals surface area contributed by atoms with Crippen molar-refractivity contribution < 1.29 is 14.1 Å². The van der Waals surface area contributed by atoms with E-state index in [4.69, 9.17) is 4.42 Å². The predicted molar refractivity (Wildman–Crippen MR) is 95.3 cm³/mol. The zero-order valence-corrected chi connectivity index (χ0v) is 13.5. The van der Waals surface area contributed by atoms with E-state index in [9.17, 15) is 14.9 Å². The van der Waals surface area contributed by atoms with Gasteiger partial charge >= 0.3 is 0 Å². The summed E-state index contributed by atoms with van der Waals surface area (Å²) in [6.45, 7) is 1.85. The molecular weight excluding hydrogens is 318 g/mol. The van der Waals surface area contributed by atoms with E-state index in [1.807, 2.05) is 19.1 Å². The fraction of sp³-hybridized carbons (Fsp3) is 0.0500. The van der Waals surface area contributed by atoms with Crippen molar-refractivity contribution in [3.05, 3.63) is 99.0 Å². The largest absolute Gasteiger partial charge is 0.462 e. The molecule has 124 valence electrons. The first-order valence-electron chi connectivity index (χ1n) is 7.67. The molecule has 2 aromatic carbocycles. The number of benzene rings is 2. The molecule has 0 saturated heterocycles. The summed E-state index contributed by atoms with van der Waals surface area (Å²) in [6, 6.07) is 16.7. The molecule has 0 amide bonds. The Morgan fingerprint density at radius 1 is 1.04 bits per heavy atom. The number of hydrogen-bond donors (Lipinski definition) is 0. The molecule has 0 spiro atoms. The van der Waals surface area contributed by atoms with Crippen molar-refractivity contribution in [2.75, 3.05) is 0 Å². The van der Waals surface area contributed by atoms with Gasteiger partial charge in [-0.3, -0.25) is 14.9 Å². The van der Waals surface area contributed by atoms with Crippen molar-refractivity contribution in [1.82, 2.24) is 0 Å². The monoisotopic (exact) mass is 333 g/mol. The first-order valence-corrected chi connectivity index (χ1v) is 7.67. The van der Waals surface area contributed by atoms with E-state index in [2.05, 4.69) is 0 Å². The molecule has 0 saturated carbocycles. The van der Waals surface area contributed by atoms with Gasteiger partial charge in [0.05, 0.1) is 4.92 Å². The van der Waals surface area contributed by atoms with E-state index >= 15 is 0 Å². The molecule has 0 bridgehead atoms. The fourth-order valence-electron chi connectivity index (χ4n) is 2.46. The summed E-state index contributed by atoms with van der Waals surface area (Å²) in [5.74, 6) is 1.09. The molecule has 0 atom stereocenters. The van der Waals surface area contributed by atoms with E-state index in [1.165, 1.54) is 12.1 Å². The Kier molecular flexibility index (Phi) is 4.57. The minimum absolute atomic E-state index is 0.0639. The summed E-state index contributed by atoms with van der Waals surface area (Å²) in [4.78, 5) is 23.4. The Bertz CT molecular complexity index is 955. The Morgan fingerprint density at radius 2 is 1.80 bits per heavy atom. The van der Waals surface area contributed by atoms with E-state index in [0.717, 1.165) is 5.76 Å². The molecule has 5 nitrogen and oxygen atoms in total. The van der Waals surface area contributed by atoms with Gasteiger partial charge in [-0.2, -0.15) is 0 Å². The molecule has 5 heteroatoms. The van der Waals surface area contributed by atoms with Gasteiger partial charge in [0.15, 0.2) is 5.78 Å². The lowest BCUT2D eigenvalue weighted by atomic mass is 9.99. The van der Waals surface area contributed by atoms with E-state index < -0.39 is 4.92 Å². The van der Waals surface area contributed by atoms with Crippen LogP contribution < -0.4 is 0 Å². The fourth-order valence-corrected chi connectivity index (χ4v) is 2.46. The second-order valence-corrected chi connectivity index (χ2v) is 5.51. The van der Waals surface area contributed by atoms with Crippen LogP contribution in [0.4, 0.5) is 5.69 Å². The number of nitro benzene ring substituents is 1. The first-order chi connectivity index (χ1) is 12.0. The van der Waals surface area contributed by atoms with Gasteiger partial charge in [0.2, 0.25) is 0 Å². The molecule has 0 aliphatic rings. The second kappa shape index (κ2) is 6.97. The van der Waals surface area contributed by atoms with E-state index in [-0.39, 0.29) is 17.0 Å².